The van der Waals surface area contributed by atoms with Crippen LogP contribution in [-0.4, -0.2) is 39.3 Å². The van der Waals surface area contributed by atoms with Crippen LogP contribution in [0.25, 0.3) is 10.9 Å². The average molecular weight is 523 g/mol. The normalized spacial score (nSPS) is 15.5. The fourth-order valence-corrected chi connectivity index (χ4v) is 4.55. The minimum atomic E-state index is -1.07. The Labute approximate surface area is 217 Å². The fraction of sp³-hybridized carbons (Fsp3) is 0.222. The third-order valence-corrected chi connectivity index (χ3v) is 6.47. The predicted octanol–water partition coefficient (Wildman–Crippen LogP) is 6.22. The summed E-state index contributed by atoms with van der Waals surface area (Å²) in [4.78, 5) is 26.0. The summed E-state index contributed by atoms with van der Waals surface area (Å²) in [5.41, 5.74) is 2.95. The molecule has 190 valence electrons. The van der Waals surface area contributed by atoms with E-state index in [1.165, 1.54) is 29.2 Å². The zero-order chi connectivity index (χ0) is 25.9. The Balaban J connectivity index is 1.67. The van der Waals surface area contributed by atoms with Crippen molar-refractivity contribution in [3.05, 3.63) is 78.2 Å². The molecule has 1 aliphatic rings. The molecule has 0 spiro atoms. The zero-order valence-corrected chi connectivity index (χ0v) is 20.5. The molecule has 1 saturated heterocycles. The molecular weight excluding hydrogens is 499 g/mol. The number of halogens is 2. The molecule has 0 saturated carbocycles. The molecule has 0 bridgehead atoms. The second kappa shape index (κ2) is 10.6. The van der Waals surface area contributed by atoms with Crippen LogP contribution in [-0.2, 0) is 9.53 Å². The maximum atomic E-state index is 13.5. The summed E-state index contributed by atoms with van der Waals surface area (Å²) in [6.07, 6.45) is 4.36. The van der Waals surface area contributed by atoms with Crippen LogP contribution in [0.15, 0.2) is 66.9 Å². The maximum Gasteiger partial charge on any atom is 0.335 e. The molecule has 1 aliphatic heterocycles. The second-order valence-corrected chi connectivity index (χ2v) is 8.95. The largest absolute Gasteiger partial charge is 0.478 e. The first-order valence-electron chi connectivity index (χ1n) is 11.8. The molecule has 10 heteroatoms. The molecule has 1 amide bonds. The van der Waals surface area contributed by atoms with E-state index in [2.05, 4.69) is 10.4 Å². The van der Waals surface area contributed by atoms with E-state index in [1.807, 2.05) is 16.8 Å². The number of carbonyl (C=O) groups excluding carboxylic acids is 1. The van der Waals surface area contributed by atoms with Crippen molar-refractivity contribution in [1.29, 1.82) is 0 Å². The monoisotopic (exact) mass is 522 g/mol. The third-order valence-electron chi connectivity index (χ3n) is 6.24. The van der Waals surface area contributed by atoms with Crippen LogP contribution in [0.5, 0.6) is 0 Å². The number of fused-ring (bicyclic) bond motifs is 1. The minimum absolute atomic E-state index is 0.0923. The molecule has 0 radical (unpaired) electrons. The number of carbonyl (C=O) groups is 2. The Kier molecular flexibility index (Phi) is 7.07. The number of hydrogen-bond acceptors (Lipinski definition) is 5. The highest BCUT2D eigenvalue weighted by Crippen LogP contribution is 2.39. The topological polar surface area (TPSA) is 96.7 Å². The number of carboxylic acid groups (broad SMARTS) is 1. The van der Waals surface area contributed by atoms with E-state index in [4.69, 9.17) is 16.3 Å². The van der Waals surface area contributed by atoms with E-state index in [0.29, 0.717) is 29.4 Å². The van der Waals surface area contributed by atoms with E-state index in [9.17, 15) is 19.1 Å². The first kappa shape index (κ1) is 24.7. The summed E-state index contributed by atoms with van der Waals surface area (Å²) in [5, 5.41) is 18.0. The summed E-state index contributed by atoms with van der Waals surface area (Å²) in [6, 6.07) is 15.5. The number of carboxylic acids is 1. The summed E-state index contributed by atoms with van der Waals surface area (Å²) < 4.78 is 21.3. The number of aromatic carboxylic acids is 1. The van der Waals surface area contributed by atoms with E-state index in [-0.39, 0.29) is 23.5 Å². The van der Waals surface area contributed by atoms with Crippen molar-refractivity contribution in [3.8, 4) is 0 Å². The lowest BCUT2D eigenvalue weighted by molar-refractivity contribution is -0.115. The van der Waals surface area contributed by atoms with E-state index in [1.54, 1.807) is 30.5 Å². The number of alkyl halides is 1. The van der Waals surface area contributed by atoms with Crippen molar-refractivity contribution in [2.24, 2.45) is 0 Å². The van der Waals surface area contributed by atoms with Gasteiger partial charge in [0.15, 0.2) is 6.23 Å². The van der Waals surface area contributed by atoms with Crippen LogP contribution in [0.2, 0.25) is 0 Å². The van der Waals surface area contributed by atoms with Crippen molar-refractivity contribution in [2.75, 3.05) is 22.7 Å². The van der Waals surface area contributed by atoms with Gasteiger partial charge in [-0.3, -0.25) is 9.69 Å². The van der Waals surface area contributed by atoms with Crippen molar-refractivity contribution >= 4 is 57.1 Å². The van der Waals surface area contributed by atoms with Crippen molar-refractivity contribution in [3.63, 3.8) is 0 Å². The van der Waals surface area contributed by atoms with Gasteiger partial charge >= 0.3 is 5.97 Å². The Morgan fingerprint density at radius 2 is 1.89 bits per heavy atom. The molecular formula is C27H24ClFN4O4. The quantitative estimate of drug-likeness (QED) is 0.280. The number of rotatable bonds is 7. The van der Waals surface area contributed by atoms with Gasteiger partial charge in [0, 0.05) is 23.4 Å². The molecule has 1 fully saturated rings. The molecule has 0 aliphatic carbocycles. The summed E-state index contributed by atoms with van der Waals surface area (Å²) in [6.45, 7) is 0.649. The molecule has 2 heterocycles. The van der Waals surface area contributed by atoms with Gasteiger partial charge in [0.2, 0.25) is 5.91 Å². The van der Waals surface area contributed by atoms with Gasteiger partial charge in [-0.15, -0.1) is 11.6 Å². The lowest BCUT2D eigenvalue weighted by Crippen LogP contribution is -2.28. The van der Waals surface area contributed by atoms with Gasteiger partial charge in [0.25, 0.3) is 0 Å². The van der Waals surface area contributed by atoms with Crippen LogP contribution >= 0.6 is 11.6 Å². The van der Waals surface area contributed by atoms with Crippen LogP contribution in [0.4, 0.5) is 27.1 Å². The van der Waals surface area contributed by atoms with Crippen molar-refractivity contribution in [2.45, 2.75) is 25.5 Å². The third kappa shape index (κ3) is 5.14. The summed E-state index contributed by atoms with van der Waals surface area (Å²) in [7, 11) is 0. The highest BCUT2D eigenvalue weighted by molar-refractivity contribution is 6.30. The highest BCUT2D eigenvalue weighted by Gasteiger charge is 2.25. The number of benzene rings is 3. The molecule has 8 nitrogen and oxygen atoms in total. The van der Waals surface area contributed by atoms with E-state index >= 15 is 0 Å². The standard InChI is InChI=1S/C27H24ClFN4O4/c28-15-25(34)32(21-10-4-17(5-11-21)27(35)36)24-14-23-18(16-30-33(23)26-3-1-2-12-37-26)13-22(24)31-20-8-6-19(29)7-9-20/h4-11,13-14,16,26,31H,1-3,12,15H2,(H,35,36). The van der Waals surface area contributed by atoms with Gasteiger partial charge in [-0.05, 0) is 79.9 Å². The van der Waals surface area contributed by atoms with Crippen LogP contribution in [0.3, 0.4) is 0 Å². The molecule has 1 aromatic heterocycles. The van der Waals surface area contributed by atoms with E-state index in [0.717, 1.165) is 30.2 Å². The summed E-state index contributed by atoms with van der Waals surface area (Å²) in [5.74, 6) is -2.16. The number of anilines is 4. The Morgan fingerprint density at radius 3 is 2.54 bits per heavy atom. The predicted molar refractivity (Wildman–Crippen MR) is 140 cm³/mol. The first-order valence-corrected chi connectivity index (χ1v) is 12.4. The number of aromatic nitrogens is 2. The Morgan fingerprint density at radius 1 is 1.14 bits per heavy atom. The molecule has 37 heavy (non-hydrogen) atoms. The van der Waals surface area contributed by atoms with Gasteiger partial charge in [0.05, 0.1) is 28.7 Å². The lowest BCUT2D eigenvalue weighted by Gasteiger charge is -2.27. The zero-order valence-electron chi connectivity index (χ0n) is 19.7. The van der Waals surface area contributed by atoms with Gasteiger partial charge in [-0.1, -0.05) is 0 Å². The Bertz CT molecular complexity index is 1430. The molecule has 1 atom stereocenters. The van der Waals surface area contributed by atoms with Gasteiger partial charge < -0.3 is 15.2 Å². The lowest BCUT2D eigenvalue weighted by atomic mass is 10.1. The number of nitrogens with zero attached hydrogens (tertiary/aromatic N) is 3. The summed E-state index contributed by atoms with van der Waals surface area (Å²) >= 11 is 6.02. The molecule has 4 aromatic rings. The number of amides is 1. The molecule has 2 N–H and O–H groups in total. The van der Waals surface area contributed by atoms with E-state index < -0.39 is 11.9 Å². The smallest absolute Gasteiger partial charge is 0.335 e. The average Bonchev–Trinajstić information content (AvgIpc) is 3.33. The van der Waals surface area contributed by atoms with Crippen LogP contribution in [0.1, 0.15) is 35.8 Å². The number of hydrogen-bond donors (Lipinski definition) is 2. The van der Waals surface area contributed by atoms with Gasteiger partial charge in [-0.2, -0.15) is 5.10 Å². The molecule has 3 aromatic carbocycles. The first-order chi connectivity index (χ1) is 17.9. The van der Waals surface area contributed by atoms with Crippen molar-refractivity contribution in [1.82, 2.24) is 9.78 Å². The minimum Gasteiger partial charge on any atom is -0.478 e. The Hall–Kier alpha value is -3.95. The highest BCUT2D eigenvalue weighted by atomic mass is 35.5. The number of nitrogens with one attached hydrogen (secondary N) is 1. The van der Waals surface area contributed by atoms with Crippen molar-refractivity contribution < 1.29 is 23.8 Å². The maximum absolute atomic E-state index is 13.5. The van der Waals surface area contributed by atoms with Gasteiger partial charge in [0.1, 0.15) is 11.7 Å². The SMILES string of the molecule is O=C(O)c1ccc(N(C(=O)CCl)c2cc3c(cnn3C3CCCCO3)cc2Nc2ccc(F)cc2)cc1. The van der Waals surface area contributed by atoms with Crippen LogP contribution in [0, 0.1) is 5.82 Å². The second-order valence-electron chi connectivity index (χ2n) is 8.69. The fourth-order valence-electron chi connectivity index (χ4n) is 4.43. The molecule has 5 rings (SSSR count). The molecule has 1 unspecified atom stereocenters. The van der Waals surface area contributed by atoms with Crippen LogP contribution < -0.4 is 10.2 Å². The van der Waals surface area contributed by atoms with Gasteiger partial charge in [-0.25, -0.2) is 13.9 Å². The number of ether oxygens (including phenoxy) is 1.